The van der Waals surface area contributed by atoms with Crippen LogP contribution in [-0.2, 0) is 20.1 Å². The van der Waals surface area contributed by atoms with Crippen LogP contribution >= 0.6 is 11.6 Å². The van der Waals surface area contributed by atoms with Gasteiger partial charge < -0.3 is 9.13 Å². The first kappa shape index (κ1) is 14.1. The molecule has 3 heterocycles. The zero-order valence-corrected chi connectivity index (χ0v) is 13.3. The molecular formula is C13H18ClN7. The highest BCUT2D eigenvalue weighted by Gasteiger charge is 2.21. The number of halogens is 1. The van der Waals surface area contributed by atoms with Crippen molar-refractivity contribution in [1.82, 2.24) is 34.1 Å². The minimum Gasteiger partial charge on any atom is -0.319 e. The van der Waals surface area contributed by atoms with Crippen LogP contribution in [0.1, 0.15) is 36.6 Å². The number of alkyl halides is 1. The number of imidazole rings is 1. The van der Waals surface area contributed by atoms with Crippen molar-refractivity contribution in [3.8, 4) is 0 Å². The average Bonchev–Trinajstić information content (AvgIpc) is 3.08. The predicted molar refractivity (Wildman–Crippen MR) is 80.3 cm³/mol. The number of fused-ring (bicyclic) bond motifs is 1. The van der Waals surface area contributed by atoms with E-state index in [1.165, 1.54) is 0 Å². The number of aromatic nitrogens is 7. The molecule has 0 aliphatic heterocycles. The van der Waals surface area contributed by atoms with Gasteiger partial charge in [-0.15, -0.1) is 21.8 Å². The Morgan fingerprint density at radius 2 is 2.14 bits per heavy atom. The van der Waals surface area contributed by atoms with Crippen molar-refractivity contribution in [1.29, 1.82) is 0 Å². The molecule has 0 aromatic carbocycles. The Hall–Kier alpha value is -1.89. The number of aryl methyl sites for hydroxylation is 3. The van der Waals surface area contributed by atoms with Crippen molar-refractivity contribution in [2.24, 2.45) is 7.05 Å². The third-order valence-electron chi connectivity index (χ3n) is 3.59. The zero-order chi connectivity index (χ0) is 15.1. The number of nitrogens with zero attached hydrogens (tertiary/aromatic N) is 7. The summed E-state index contributed by atoms with van der Waals surface area (Å²) in [5.41, 5.74) is 2.81. The fourth-order valence-electron chi connectivity index (χ4n) is 2.51. The van der Waals surface area contributed by atoms with E-state index in [1.807, 2.05) is 30.1 Å². The SMILES string of the molecule is CCn1nc(C)c2nc(C(C)Cl)n(Cc3nncn3C)c21. The van der Waals surface area contributed by atoms with E-state index in [9.17, 15) is 0 Å². The number of hydrogen-bond acceptors (Lipinski definition) is 4. The normalized spacial score (nSPS) is 13.2. The Labute approximate surface area is 127 Å². The van der Waals surface area contributed by atoms with Gasteiger partial charge in [0.2, 0.25) is 0 Å². The second-order valence-electron chi connectivity index (χ2n) is 5.10. The number of hydrogen-bond donors (Lipinski definition) is 0. The molecule has 0 amide bonds. The van der Waals surface area contributed by atoms with Gasteiger partial charge in [0, 0.05) is 13.6 Å². The molecule has 0 saturated heterocycles. The second-order valence-corrected chi connectivity index (χ2v) is 5.76. The van der Waals surface area contributed by atoms with Crippen molar-refractivity contribution in [2.75, 3.05) is 0 Å². The van der Waals surface area contributed by atoms with Gasteiger partial charge in [0.1, 0.15) is 17.7 Å². The summed E-state index contributed by atoms with van der Waals surface area (Å²) in [7, 11) is 1.93. The highest BCUT2D eigenvalue weighted by Crippen LogP contribution is 2.27. The molecule has 0 radical (unpaired) electrons. The van der Waals surface area contributed by atoms with Gasteiger partial charge in [-0.2, -0.15) is 5.10 Å². The van der Waals surface area contributed by atoms with Crippen LogP contribution in [0.5, 0.6) is 0 Å². The minimum absolute atomic E-state index is 0.185. The molecule has 7 nitrogen and oxygen atoms in total. The first-order valence-corrected chi connectivity index (χ1v) is 7.37. The number of rotatable bonds is 4. The van der Waals surface area contributed by atoms with Crippen LogP contribution in [0.4, 0.5) is 0 Å². The quantitative estimate of drug-likeness (QED) is 0.692. The van der Waals surface area contributed by atoms with Crippen molar-refractivity contribution in [3.63, 3.8) is 0 Å². The highest BCUT2D eigenvalue weighted by molar-refractivity contribution is 6.20. The van der Waals surface area contributed by atoms with Gasteiger partial charge in [-0.1, -0.05) is 0 Å². The lowest BCUT2D eigenvalue weighted by molar-refractivity contribution is 0.616. The molecule has 21 heavy (non-hydrogen) atoms. The first-order chi connectivity index (χ1) is 10.0. The fraction of sp³-hybridized carbons (Fsp3) is 0.538. The van der Waals surface area contributed by atoms with Gasteiger partial charge in [0.15, 0.2) is 11.5 Å². The van der Waals surface area contributed by atoms with E-state index in [4.69, 9.17) is 11.6 Å². The molecule has 3 rings (SSSR count). The smallest absolute Gasteiger partial charge is 0.159 e. The Morgan fingerprint density at radius 1 is 1.38 bits per heavy atom. The topological polar surface area (TPSA) is 66.3 Å². The maximum Gasteiger partial charge on any atom is 0.159 e. The molecule has 112 valence electrons. The largest absolute Gasteiger partial charge is 0.319 e. The Morgan fingerprint density at radius 3 is 2.71 bits per heavy atom. The molecule has 3 aromatic rings. The fourth-order valence-corrected chi connectivity index (χ4v) is 2.68. The van der Waals surface area contributed by atoms with Gasteiger partial charge in [0.25, 0.3) is 0 Å². The molecule has 0 N–H and O–H groups in total. The molecular weight excluding hydrogens is 290 g/mol. The van der Waals surface area contributed by atoms with E-state index < -0.39 is 0 Å². The Bertz CT molecular complexity index is 780. The highest BCUT2D eigenvalue weighted by atomic mass is 35.5. The second kappa shape index (κ2) is 5.14. The Kier molecular flexibility index (Phi) is 3.44. The molecule has 0 spiro atoms. The maximum atomic E-state index is 6.31. The Balaban J connectivity index is 2.22. The van der Waals surface area contributed by atoms with E-state index in [0.717, 1.165) is 35.1 Å². The van der Waals surface area contributed by atoms with Gasteiger partial charge >= 0.3 is 0 Å². The molecule has 0 aliphatic rings. The van der Waals surface area contributed by atoms with Crippen LogP contribution in [0.15, 0.2) is 6.33 Å². The summed E-state index contributed by atoms with van der Waals surface area (Å²) in [6.45, 7) is 7.32. The van der Waals surface area contributed by atoms with Crippen molar-refractivity contribution >= 4 is 22.8 Å². The van der Waals surface area contributed by atoms with E-state index in [0.29, 0.717) is 6.54 Å². The molecule has 0 aliphatic carbocycles. The van der Waals surface area contributed by atoms with Crippen LogP contribution in [-0.4, -0.2) is 34.1 Å². The standard InChI is InChI=1S/C13H18ClN7/c1-5-21-13-11(9(3)18-21)16-12(8(2)14)20(13)6-10-17-15-7-19(10)4/h7-8H,5-6H2,1-4H3. The average molecular weight is 308 g/mol. The summed E-state index contributed by atoms with van der Waals surface area (Å²) >= 11 is 6.31. The lowest BCUT2D eigenvalue weighted by Gasteiger charge is -2.11. The molecule has 0 bridgehead atoms. The van der Waals surface area contributed by atoms with Crippen molar-refractivity contribution in [2.45, 2.75) is 39.2 Å². The summed E-state index contributed by atoms with van der Waals surface area (Å²) in [6.07, 6.45) is 1.69. The van der Waals surface area contributed by atoms with E-state index in [-0.39, 0.29) is 5.38 Å². The molecule has 8 heteroatoms. The third kappa shape index (κ3) is 2.21. The van der Waals surface area contributed by atoms with E-state index >= 15 is 0 Å². The van der Waals surface area contributed by atoms with Gasteiger partial charge in [-0.05, 0) is 20.8 Å². The van der Waals surface area contributed by atoms with Crippen LogP contribution in [0.25, 0.3) is 11.2 Å². The minimum atomic E-state index is -0.185. The first-order valence-electron chi connectivity index (χ1n) is 6.93. The third-order valence-corrected chi connectivity index (χ3v) is 3.78. The van der Waals surface area contributed by atoms with Gasteiger partial charge in [-0.3, -0.25) is 0 Å². The van der Waals surface area contributed by atoms with Crippen LogP contribution in [0.3, 0.4) is 0 Å². The van der Waals surface area contributed by atoms with Crippen LogP contribution < -0.4 is 0 Å². The predicted octanol–water partition coefficient (Wildman–Crippen LogP) is 2.04. The summed E-state index contributed by atoms with van der Waals surface area (Å²) in [4.78, 5) is 4.68. The zero-order valence-electron chi connectivity index (χ0n) is 12.6. The lowest BCUT2D eigenvalue weighted by Crippen LogP contribution is -2.12. The molecule has 3 aromatic heterocycles. The summed E-state index contributed by atoms with van der Waals surface area (Å²) in [6, 6.07) is 0. The maximum absolute atomic E-state index is 6.31. The summed E-state index contributed by atoms with van der Waals surface area (Å²) in [5, 5.41) is 12.4. The van der Waals surface area contributed by atoms with Crippen LogP contribution in [0, 0.1) is 6.92 Å². The lowest BCUT2D eigenvalue weighted by atomic mass is 10.4. The summed E-state index contributed by atoms with van der Waals surface area (Å²) in [5.74, 6) is 1.69. The van der Waals surface area contributed by atoms with Gasteiger partial charge in [0.05, 0.1) is 17.6 Å². The van der Waals surface area contributed by atoms with E-state index in [2.05, 4.69) is 31.8 Å². The molecule has 0 fully saturated rings. The monoisotopic (exact) mass is 307 g/mol. The van der Waals surface area contributed by atoms with Crippen molar-refractivity contribution < 1.29 is 0 Å². The molecule has 0 saturated carbocycles. The van der Waals surface area contributed by atoms with E-state index in [1.54, 1.807) is 6.33 Å². The van der Waals surface area contributed by atoms with Crippen molar-refractivity contribution in [3.05, 3.63) is 23.7 Å². The van der Waals surface area contributed by atoms with Gasteiger partial charge in [-0.25, -0.2) is 9.67 Å². The molecule has 1 unspecified atom stereocenters. The summed E-state index contributed by atoms with van der Waals surface area (Å²) < 4.78 is 5.94. The van der Waals surface area contributed by atoms with Crippen LogP contribution in [0.2, 0.25) is 0 Å². The molecule has 1 atom stereocenters.